The molecule has 1 N–H and O–H groups in total. The molecule has 4 aromatic rings. The molecule has 2 atom stereocenters. The van der Waals surface area contributed by atoms with Crippen molar-refractivity contribution in [2.24, 2.45) is 0 Å². The fourth-order valence-electron chi connectivity index (χ4n) is 4.85. The van der Waals surface area contributed by atoms with Crippen LogP contribution in [0, 0.1) is 27.7 Å². The van der Waals surface area contributed by atoms with Gasteiger partial charge in [0.2, 0.25) is 0 Å². The van der Waals surface area contributed by atoms with E-state index in [1.807, 2.05) is 30.6 Å². The lowest BCUT2D eigenvalue weighted by atomic mass is 9.96. The maximum atomic E-state index is 5.88. The highest BCUT2D eigenvalue weighted by Crippen LogP contribution is 2.43. The SMILES string of the molecule is Cc1cccc(N2C(=S)N[C@@H](c3ccccn3)[C@H]2c2cc(C)n(-c3ncccc3C)c2C)c1. The van der Waals surface area contributed by atoms with Gasteiger partial charge in [0.1, 0.15) is 5.82 Å². The molecule has 0 radical (unpaired) electrons. The summed E-state index contributed by atoms with van der Waals surface area (Å²) in [5.74, 6) is 0.962. The van der Waals surface area contributed by atoms with E-state index in [0.29, 0.717) is 5.11 Å². The zero-order valence-electron chi connectivity index (χ0n) is 19.3. The van der Waals surface area contributed by atoms with Crippen LogP contribution >= 0.6 is 12.2 Å². The highest BCUT2D eigenvalue weighted by Gasteiger charge is 2.42. The topological polar surface area (TPSA) is 46.0 Å². The minimum atomic E-state index is -0.0713. The zero-order valence-corrected chi connectivity index (χ0v) is 20.1. The molecule has 1 aliphatic rings. The first-order valence-electron chi connectivity index (χ1n) is 11.1. The van der Waals surface area contributed by atoms with Crippen molar-refractivity contribution < 1.29 is 0 Å². The maximum Gasteiger partial charge on any atom is 0.174 e. The molecule has 6 heteroatoms. The van der Waals surface area contributed by atoms with Gasteiger partial charge in [-0.05, 0) is 93.0 Å². The van der Waals surface area contributed by atoms with Gasteiger partial charge < -0.3 is 14.8 Å². The van der Waals surface area contributed by atoms with E-state index in [9.17, 15) is 0 Å². The van der Waals surface area contributed by atoms with Crippen molar-refractivity contribution in [3.05, 3.63) is 107 Å². The summed E-state index contributed by atoms with van der Waals surface area (Å²) in [6, 6.07) is 20.8. The molecule has 0 spiro atoms. The van der Waals surface area contributed by atoms with E-state index in [0.717, 1.165) is 34.2 Å². The molecule has 5 rings (SSSR count). The molecular formula is C27H27N5S. The highest BCUT2D eigenvalue weighted by atomic mass is 32.1. The largest absolute Gasteiger partial charge is 0.351 e. The molecular weight excluding hydrogens is 426 g/mol. The summed E-state index contributed by atoms with van der Waals surface area (Å²) in [7, 11) is 0. The van der Waals surface area contributed by atoms with E-state index < -0.39 is 0 Å². The molecule has 1 fully saturated rings. The Kier molecular flexibility index (Phi) is 5.46. The third-order valence-electron chi connectivity index (χ3n) is 6.36. The molecule has 166 valence electrons. The van der Waals surface area contributed by atoms with Crippen molar-refractivity contribution in [2.75, 3.05) is 4.90 Å². The molecule has 0 amide bonds. The fraction of sp³-hybridized carbons (Fsp3) is 0.222. The van der Waals surface area contributed by atoms with E-state index in [-0.39, 0.29) is 12.1 Å². The van der Waals surface area contributed by atoms with Crippen molar-refractivity contribution in [3.63, 3.8) is 0 Å². The summed E-state index contributed by atoms with van der Waals surface area (Å²) in [4.78, 5) is 11.6. The van der Waals surface area contributed by atoms with Crippen LogP contribution < -0.4 is 10.2 Å². The lowest BCUT2D eigenvalue weighted by Crippen LogP contribution is -2.29. The number of aromatic nitrogens is 3. The lowest BCUT2D eigenvalue weighted by Gasteiger charge is -2.28. The smallest absolute Gasteiger partial charge is 0.174 e. The molecule has 33 heavy (non-hydrogen) atoms. The van der Waals surface area contributed by atoms with Crippen molar-refractivity contribution in [1.29, 1.82) is 0 Å². The summed E-state index contributed by atoms with van der Waals surface area (Å²) in [5.41, 5.74) is 7.90. The Morgan fingerprint density at radius 1 is 0.879 bits per heavy atom. The van der Waals surface area contributed by atoms with Crippen LogP contribution in [-0.2, 0) is 0 Å². The Hall–Kier alpha value is -3.51. The van der Waals surface area contributed by atoms with Gasteiger partial charge in [-0.3, -0.25) is 4.98 Å². The van der Waals surface area contributed by atoms with Gasteiger partial charge in [0, 0.05) is 29.5 Å². The Morgan fingerprint density at radius 3 is 2.42 bits per heavy atom. The highest BCUT2D eigenvalue weighted by molar-refractivity contribution is 7.80. The van der Waals surface area contributed by atoms with Gasteiger partial charge in [-0.25, -0.2) is 4.98 Å². The predicted octanol–water partition coefficient (Wildman–Crippen LogP) is 5.68. The van der Waals surface area contributed by atoms with Crippen LogP contribution in [0.2, 0.25) is 0 Å². The molecule has 1 aromatic carbocycles. The third kappa shape index (κ3) is 3.70. The molecule has 1 aliphatic heterocycles. The number of pyridine rings is 2. The van der Waals surface area contributed by atoms with E-state index in [1.54, 1.807) is 0 Å². The van der Waals surface area contributed by atoms with E-state index in [4.69, 9.17) is 12.2 Å². The van der Waals surface area contributed by atoms with E-state index >= 15 is 0 Å². The summed E-state index contributed by atoms with van der Waals surface area (Å²) < 4.78 is 2.25. The van der Waals surface area contributed by atoms with Gasteiger partial charge in [0.15, 0.2) is 5.11 Å². The molecule has 5 nitrogen and oxygen atoms in total. The van der Waals surface area contributed by atoms with Gasteiger partial charge >= 0.3 is 0 Å². The number of nitrogens with one attached hydrogen (secondary N) is 1. The van der Waals surface area contributed by atoms with Gasteiger partial charge in [0.05, 0.1) is 17.8 Å². The normalized spacial score (nSPS) is 17.9. The van der Waals surface area contributed by atoms with Crippen LogP contribution in [-0.4, -0.2) is 19.6 Å². The summed E-state index contributed by atoms with van der Waals surface area (Å²) in [6.07, 6.45) is 3.69. The minimum absolute atomic E-state index is 0.0434. The number of nitrogens with zero attached hydrogens (tertiary/aromatic N) is 4. The molecule has 0 saturated carbocycles. The van der Waals surface area contributed by atoms with Crippen LogP contribution in [0.4, 0.5) is 5.69 Å². The zero-order chi connectivity index (χ0) is 23.1. The number of rotatable bonds is 4. The average molecular weight is 454 g/mol. The summed E-state index contributed by atoms with van der Waals surface area (Å²) in [6.45, 7) is 8.51. The number of hydrogen-bond acceptors (Lipinski definition) is 3. The third-order valence-corrected chi connectivity index (χ3v) is 6.68. The van der Waals surface area contributed by atoms with Crippen molar-refractivity contribution in [3.8, 4) is 5.82 Å². The van der Waals surface area contributed by atoms with Crippen molar-refractivity contribution >= 4 is 23.0 Å². The lowest BCUT2D eigenvalue weighted by molar-refractivity contribution is 0.565. The van der Waals surface area contributed by atoms with Gasteiger partial charge in [-0.15, -0.1) is 0 Å². The molecule has 0 bridgehead atoms. The Balaban J connectivity index is 1.70. The van der Waals surface area contributed by atoms with Gasteiger partial charge in [0.25, 0.3) is 0 Å². The first-order valence-corrected chi connectivity index (χ1v) is 11.5. The first kappa shape index (κ1) is 21.3. The summed E-state index contributed by atoms with van der Waals surface area (Å²) >= 11 is 5.88. The second-order valence-corrected chi connectivity index (χ2v) is 9.03. The molecule has 0 aliphatic carbocycles. The number of anilines is 1. The number of aryl methyl sites for hydroxylation is 3. The number of thiocarbonyl (C=S) groups is 1. The van der Waals surface area contributed by atoms with Crippen molar-refractivity contribution in [1.82, 2.24) is 19.9 Å². The predicted molar refractivity (Wildman–Crippen MR) is 137 cm³/mol. The molecule has 3 aromatic heterocycles. The Bertz CT molecular complexity index is 1330. The van der Waals surface area contributed by atoms with Gasteiger partial charge in [-0.1, -0.05) is 24.3 Å². The Labute approximate surface area is 200 Å². The summed E-state index contributed by atoms with van der Waals surface area (Å²) in [5, 5.41) is 4.27. The van der Waals surface area contributed by atoms with Crippen molar-refractivity contribution in [2.45, 2.75) is 39.8 Å². The van der Waals surface area contributed by atoms with E-state index in [1.165, 1.54) is 11.1 Å². The fourth-order valence-corrected chi connectivity index (χ4v) is 5.20. The van der Waals surface area contributed by atoms with E-state index in [2.05, 4.69) is 94.9 Å². The molecule has 0 unspecified atom stereocenters. The van der Waals surface area contributed by atoms with Gasteiger partial charge in [-0.2, -0.15) is 0 Å². The maximum absolute atomic E-state index is 5.88. The minimum Gasteiger partial charge on any atom is -0.351 e. The van der Waals surface area contributed by atoms with Crippen LogP contribution in [0.1, 0.15) is 45.9 Å². The average Bonchev–Trinajstić information content (AvgIpc) is 3.30. The Morgan fingerprint density at radius 2 is 1.70 bits per heavy atom. The second-order valence-electron chi connectivity index (χ2n) is 8.64. The van der Waals surface area contributed by atoms with Crippen LogP contribution in [0.3, 0.4) is 0 Å². The number of hydrogen-bond donors (Lipinski definition) is 1. The monoisotopic (exact) mass is 453 g/mol. The van der Waals surface area contributed by atoms with Crippen LogP contribution in [0.15, 0.2) is 73.1 Å². The quantitative estimate of drug-likeness (QED) is 0.403. The standard InChI is InChI=1S/C27H27N5S/c1-17-9-7-11-21(15-17)32-25(24(30-27(32)33)23-12-5-6-13-28-23)22-16-19(3)31(20(22)4)26-18(2)10-8-14-29-26/h5-16,24-25H,1-4H3,(H,30,33)/t24-,25+/m0/s1. The number of benzene rings is 1. The second kappa shape index (κ2) is 8.45. The first-order chi connectivity index (χ1) is 16.0. The van der Waals surface area contributed by atoms with Crippen LogP contribution in [0.5, 0.6) is 0 Å². The molecule has 1 saturated heterocycles. The van der Waals surface area contributed by atoms with Crippen LogP contribution in [0.25, 0.3) is 5.82 Å². The molecule has 4 heterocycles.